The van der Waals surface area contributed by atoms with Gasteiger partial charge in [-0.05, 0) is 56.5 Å². The number of rotatable bonds is 6. The maximum atomic E-state index is 12.8. The summed E-state index contributed by atoms with van der Waals surface area (Å²) < 4.78 is 5.12. The van der Waals surface area contributed by atoms with Crippen molar-refractivity contribution in [3.8, 4) is 0 Å². The van der Waals surface area contributed by atoms with Gasteiger partial charge < -0.3 is 20.0 Å². The largest absolute Gasteiger partial charge is 0.459 e. The molecule has 0 aliphatic carbocycles. The lowest BCUT2D eigenvalue weighted by atomic mass is 10.1. The third-order valence-corrected chi connectivity index (χ3v) is 4.68. The Morgan fingerprint density at radius 1 is 1.19 bits per heavy atom. The van der Waals surface area contributed by atoms with E-state index in [4.69, 9.17) is 4.42 Å². The van der Waals surface area contributed by atoms with Crippen molar-refractivity contribution >= 4 is 23.2 Å². The number of benzene rings is 1. The summed E-state index contributed by atoms with van der Waals surface area (Å²) >= 11 is 0. The number of nitrogens with one attached hydrogen (secondary N) is 2. The summed E-state index contributed by atoms with van der Waals surface area (Å²) in [4.78, 5) is 27.2. The molecule has 138 valence electrons. The van der Waals surface area contributed by atoms with Crippen LogP contribution in [0.2, 0.25) is 0 Å². The molecule has 1 aliphatic heterocycles. The zero-order valence-electron chi connectivity index (χ0n) is 15.2. The zero-order valence-corrected chi connectivity index (χ0v) is 15.2. The molecule has 1 atom stereocenters. The average molecular weight is 355 g/mol. The maximum absolute atomic E-state index is 12.8. The van der Waals surface area contributed by atoms with Gasteiger partial charge in [0, 0.05) is 30.5 Å². The van der Waals surface area contributed by atoms with E-state index in [1.807, 2.05) is 26.0 Å². The van der Waals surface area contributed by atoms with Crippen LogP contribution in [0, 0.1) is 0 Å². The lowest BCUT2D eigenvalue weighted by Crippen LogP contribution is -2.33. The average Bonchev–Trinajstić information content (AvgIpc) is 3.35. The molecule has 6 nitrogen and oxygen atoms in total. The molecule has 0 radical (unpaired) electrons. The van der Waals surface area contributed by atoms with Gasteiger partial charge in [-0.2, -0.15) is 0 Å². The summed E-state index contributed by atoms with van der Waals surface area (Å²) in [5, 5.41) is 5.81. The molecule has 6 heteroatoms. The normalized spacial score (nSPS) is 14.9. The van der Waals surface area contributed by atoms with Gasteiger partial charge in [0.15, 0.2) is 5.76 Å². The van der Waals surface area contributed by atoms with Crippen LogP contribution in [0.15, 0.2) is 41.0 Å². The van der Waals surface area contributed by atoms with Crippen molar-refractivity contribution < 1.29 is 14.0 Å². The quantitative estimate of drug-likeness (QED) is 0.829. The number of hydrogen-bond acceptors (Lipinski definition) is 4. The van der Waals surface area contributed by atoms with Crippen LogP contribution in [-0.2, 0) is 0 Å². The van der Waals surface area contributed by atoms with Crippen LogP contribution in [0.3, 0.4) is 0 Å². The molecule has 2 aromatic rings. The first-order valence-electron chi connectivity index (χ1n) is 9.13. The summed E-state index contributed by atoms with van der Waals surface area (Å²) in [6, 6.07) is 8.84. The Morgan fingerprint density at radius 3 is 2.62 bits per heavy atom. The van der Waals surface area contributed by atoms with Crippen molar-refractivity contribution in [2.75, 3.05) is 23.3 Å². The highest BCUT2D eigenvalue weighted by Crippen LogP contribution is 2.28. The van der Waals surface area contributed by atoms with Crippen LogP contribution >= 0.6 is 0 Å². The maximum Gasteiger partial charge on any atom is 0.291 e. The summed E-state index contributed by atoms with van der Waals surface area (Å²) in [5.74, 6) is -0.216. The highest BCUT2D eigenvalue weighted by atomic mass is 16.3. The van der Waals surface area contributed by atoms with Gasteiger partial charge in [0.1, 0.15) is 0 Å². The molecule has 2 N–H and O–H groups in total. The topological polar surface area (TPSA) is 74.6 Å². The van der Waals surface area contributed by atoms with Crippen LogP contribution in [-0.4, -0.2) is 30.9 Å². The lowest BCUT2D eigenvalue weighted by molar-refractivity contribution is 0.0938. The third kappa shape index (κ3) is 4.07. The third-order valence-electron chi connectivity index (χ3n) is 4.68. The molecule has 1 saturated heterocycles. The van der Waals surface area contributed by atoms with Crippen molar-refractivity contribution in [2.24, 2.45) is 0 Å². The van der Waals surface area contributed by atoms with Gasteiger partial charge >= 0.3 is 0 Å². The molecule has 1 aromatic carbocycles. The Bertz CT molecular complexity index is 765. The molecule has 0 spiro atoms. The van der Waals surface area contributed by atoms with Crippen LogP contribution in [0.25, 0.3) is 0 Å². The molecular weight excluding hydrogens is 330 g/mol. The van der Waals surface area contributed by atoms with Gasteiger partial charge in [-0.3, -0.25) is 9.59 Å². The Balaban J connectivity index is 1.86. The Hall–Kier alpha value is -2.76. The second-order valence-corrected chi connectivity index (χ2v) is 6.64. The Morgan fingerprint density at radius 2 is 1.96 bits per heavy atom. The van der Waals surface area contributed by atoms with E-state index in [1.165, 1.54) is 6.26 Å². The highest BCUT2D eigenvalue weighted by Gasteiger charge is 2.21. The van der Waals surface area contributed by atoms with E-state index in [0.717, 1.165) is 38.0 Å². The van der Waals surface area contributed by atoms with Crippen molar-refractivity contribution in [1.29, 1.82) is 0 Å². The summed E-state index contributed by atoms with van der Waals surface area (Å²) in [6.07, 6.45) is 4.57. The van der Waals surface area contributed by atoms with Gasteiger partial charge in [0.05, 0.1) is 11.8 Å². The first kappa shape index (κ1) is 18.0. The second kappa shape index (κ2) is 8.08. The van der Waals surface area contributed by atoms with E-state index in [2.05, 4.69) is 15.5 Å². The zero-order chi connectivity index (χ0) is 18.5. The van der Waals surface area contributed by atoms with E-state index < -0.39 is 0 Å². The number of hydrogen-bond donors (Lipinski definition) is 2. The number of nitrogens with zero attached hydrogens (tertiary/aromatic N) is 1. The van der Waals surface area contributed by atoms with Crippen LogP contribution in [0.4, 0.5) is 11.4 Å². The minimum atomic E-state index is -0.336. The number of anilines is 2. The number of carbonyl (C=O) groups is 2. The monoisotopic (exact) mass is 355 g/mol. The second-order valence-electron chi connectivity index (χ2n) is 6.64. The fourth-order valence-corrected chi connectivity index (χ4v) is 3.03. The van der Waals surface area contributed by atoms with Gasteiger partial charge in [-0.1, -0.05) is 6.92 Å². The van der Waals surface area contributed by atoms with E-state index in [1.54, 1.807) is 18.2 Å². The lowest BCUT2D eigenvalue weighted by Gasteiger charge is -2.22. The minimum absolute atomic E-state index is 0.0929. The fourth-order valence-electron chi connectivity index (χ4n) is 3.03. The van der Waals surface area contributed by atoms with Crippen molar-refractivity contribution in [3.63, 3.8) is 0 Å². The van der Waals surface area contributed by atoms with Crippen LogP contribution < -0.4 is 15.5 Å². The molecule has 0 unspecified atom stereocenters. The molecule has 0 bridgehead atoms. The van der Waals surface area contributed by atoms with E-state index in [-0.39, 0.29) is 23.6 Å². The Kier molecular flexibility index (Phi) is 5.61. The first-order valence-corrected chi connectivity index (χ1v) is 9.13. The predicted octanol–water partition coefficient (Wildman–Crippen LogP) is 3.66. The molecule has 2 amide bonds. The molecule has 1 fully saturated rings. The predicted molar refractivity (Wildman–Crippen MR) is 102 cm³/mol. The first-order chi connectivity index (χ1) is 12.6. The van der Waals surface area contributed by atoms with Crippen LogP contribution in [0.5, 0.6) is 0 Å². The molecule has 3 rings (SSSR count). The van der Waals surface area contributed by atoms with Gasteiger partial charge in [0.25, 0.3) is 11.8 Å². The molecule has 2 heterocycles. The number of amides is 2. The number of furan rings is 1. The Labute approximate surface area is 153 Å². The molecule has 1 aliphatic rings. The molecule has 1 aromatic heterocycles. The molecular formula is C20H25N3O3. The van der Waals surface area contributed by atoms with Gasteiger partial charge in [-0.25, -0.2) is 0 Å². The minimum Gasteiger partial charge on any atom is -0.459 e. The van der Waals surface area contributed by atoms with Gasteiger partial charge in [0.2, 0.25) is 0 Å². The van der Waals surface area contributed by atoms with Crippen LogP contribution in [0.1, 0.15) is 54.0 Å². The van der Waals surface area contributed by atoms with Crippen molar-refractivity contribution in [2.45, 2.75) is 39.2 Å². The van der Waals surface area contributed by atoms with E-state index in [9.17, 15) is 9.59 Å². The standard InChI is InChI=1S/C20H25N3O3/c1-3-14(2)21-19(24)16-13-15(22-20(25)18-7-6-12-26-18)8-9-17(16)23-10-4-5-11-23/h6-9,12-14H,3-5,10-11H2,1-2H3,(H,21,24)(H,22,25)/t14-/m1/s1. The summed E-state index contributed by atoms with van der Waals surface area (Å²) in [6.45, 7) is 5.91. The fraction of sp³-hybridized carbons (Fsp3) is 0.400. The van der Waals surface area contributed by atoms with Crippen molar-refractivity contribution in [3.05, 3.63) is 47.9 Å². The molecule has 0 saturated carbocycles. The summed E-state index contributed by atoms with van der Waals surface area (Å²) in [7, 11) is 0. The molecule has 26 heavy (non-hydrogen) atoms. The SMILES string of the molecule is CC[C@@H](C)NC(=O)c1cc(NC(=O)c2ccco2)ccc1N1CCCC1. The number of carbonyl (C=O) groups excluding carboxylic acids is 2. The van der Waals surface area contributed by atoms with Gasteiger partial charge in [-0.15, -0.1) is 0 Å². The summed E-state index contributed by atoms with van der Waals surface area (Å²) in [5.41, 5.74) is 2.08. The van der Waals surface area contributed by atoms with E-state index in [0.29, 0.717) is 11.3 Å². The van der Waals surface area contributed by atoms with Crippen molar-refractivity contribution in [1.82, 2.24) is 5.32 Å². The van der Waals surface area contributed by atoms with E-state index >= 15 is 0 Å². The highest BCUT2D eigenvalue weighted by molar-refractivity contribution is 6.05. The smallest absolute Gasteiger partial charge is 0.291 e.